The monoisotopic (exact) mass is 344 g/mol. The van der Waals surface area contributed by atoms with Crippen LogP contribution in [0.3, 0.4) is 0 Å². The van der Waals surface area contributed by atoms with E-state index in [4.69, 9.17) is 4.74 Å². The molecular weight excluding hydrogens is 324 g/mol. The minimum absolute atomic E-state index is 0.000491. The molecule has 0 saturated carbocycles. The lowest BCUT2D eigenvalue weighted by molar-refractivity contribution is -0.114. The number of nitrogens with zero attached hydrogens (tertiary/aromatic N) is 1. The van der Waals surface area contributed by atoms with E-state index in [2.05, 4.69) is 5.32 Å². The summed E-state index contributed by atoms with van der Waals surface area (Å²) in [5.74, 6) is 0.557. The van der Waals surface area contributed by atoms with Crippen LogP contribution in [0.1, 0.15) is 32.6 Å². The second-order valence-electron chi connectivity index (χ2n) is 5.86. The molecule has 0 saturated heterocycles. The minimum atomic E-state index is -0.0827. The normalized spacial score (nSPS) is 13.4. The molecule has 0 atom stereocenters. The van der Waals surface area contributed by atoms with E-state index in [-0.39, 0.29) is 11.8 Å². The van der Waals surface area contributed by atoms with Crippen LogP contribution in [0, 0.1) is 6.92 Å². The number of benzene rings is 1. The second-order valence-corrected chi connectivity index (χ2v) is 7.11. The molecule has 0 radical (unpaired) electrons. The van der Waals surface area contributed by atoms with Gasteiger partial charge in [-0.15, -0.1) is 11.3 Å². The number of rotatable bonds is 3. The highest BCUT2D eigenvalue weighted by molar-refractivity contribution is 7.14. The smallest absolute Gasteiger partial charge is 0.268 e. The number of anilines is 1. The first-order valence-corrected chi connectivity index (χ1v) is 8.63. The van der Waals surface area contributed by atoms with Crippen LogP contribution in [-0.2, 0) is 17.8 Å². The third-order valence-corrected chi connectivity index (χ3v) is 5.12. The average molecular weight is 344 g/mol. The van der Waals surface area contributed by atoms with Gasteiger partial charge in [0.2, 0.25) is 5.91 Å². The van der Waals surface area contributed by atoms with Crippen LogP contribution in [0.25, 0.3) is 0 Å². The molecule has 0 bridgehead atoms. The van der Waals surface area contributed by atoms with Crippen molar-refractivity contribution in [2.75, 3.05) is 19.0 Å². The molecule has 1 aliphatic heterocycles. The number of nitrogens with one attached hydrogen (secondary N) is 1. The number of amides is 2. The van der Waals surface area contributed by atoms with Gasteiger partial charge in [-0.25, -0.2) is 0 Å². The van der Waals surface area contributed by atoms with Crippen molar-refractivity contribution in [3.05, 3.63) is 45.1 Å². The van der Waals surface area contributed by atoms with Crippen molar-refractivity contribution in [3.63, 3.8) is 0 Å². The summed E-state index contributed by atoms with van der Waals surface area (Å²) in [6, 6.07) is 7.72. The van der Waals surface area contributed by atoms with Crippen molar-refractivity contribution < 1.29 is 14.3 Å². The van der Waals surface area contributed by atoms with Crippen molar-refractivity contribution >= 4 is 28.8 Å². The molecule has 0 aliphatic carbocycles. The van der Waals surface area contributed by atoms with E-state index < -0.39 is 0 Å². The molecule has 3 rings (SSSR count). The van der Waals surface area contributed by atoms with Gasteiger partial charge in [0, 0.05) is 30.6 Å². The zero-order valence-electron chi connectivity index (χ0n) is 14.0. The van der Waals surface area contributed by atoms with Gasteiger partial charge in [0.15, 0.2) is 0 Å². The molecule has 0 spiro atoms. The number of hydrogen-bond acceptors (Lipinski definition) is 4. The number of aryl methyl sites for hydroxylation is 1. The van der Waals surface area contributed by atoms with Gasteiger partial charge in [-0.3, -0.25) is 9.59 Å². The fourth-order valence-electron chi connectivity index (χ4n) is 3.02. The zero-order valence-corrected chi connectivity index (χ0v) is 14.8. The maximum atomic E-state index is 12.9. The Morgan fingerprint density at radius 3 is 2.83 bits per heavy atom. The Hall–Kier alpha value is -2.34. The lowest BCUT2D eigenvalue weighted by Crippen LogP contribution is -2.36. The number of thiophene rings is 1. The molecule has 0 fully saturated rings. The Balaban J connectivity index is 1.85. The van der Waals surface area contributed by atoms with Gasteiger partial charge in [0.1, 0.15) is 10.6 Å². The van der Waals surface area contributed by atoms with Crippen LogP contribution in [0.15, 0.2) is 24.3 Å². The first kappa shape index (κ1) is 16.5. The fourth-order valence-corrected chi connectivity index (χ4v) is 3.97. The standard InChI is InChI=1S/C18H20N2O3S/c1-11-9-16(23-3)17(24-11)18(22)20-8-7-14-13(10-20)5-4-6-15(14)19-12(2)21/h4-6,9H,7-8,10H2,1-3H3,(H,19,21). The van der Waals surface area contributed by atoms with Crippen LogP contribution in [0.2, 0.25) is 0 Å². The Labute approximate surface area is 145 Å². The quantitative estimate of drug-likeness (QED) is 0.930. The molecule has 1 aromatic carbocycles. The third kappa shape index (κ3) is 3.14. The molecule has 0 unspecified atom stereocenters. The number of carbonyl (C=O) groups is 2. The van der Waals surface area contributed by atoms with Gasteiger partial charge in [-0.05, 0) is 36.6 Å². The highest BCUT2D eigenvalue weighted by Gasteiger charge is 2.26. The number of fused-ring (bicyclic) bond motifs is 1. The SMILES string of the molecule is COc1cc(C)sc1C(=O)N1CCc2c(cccc2NC(C)=O)C1. The summed E-state index contributed by atoms with van der Waals surface area (Å²) in [7, 11) is 1.59. The van der Waals surface area contributed by atoms with E-state index in [0.717, 1.165) is 28.1 Å². The van der Waals surface area contributed by atoms with Gasteiger partial charge in [-0.1, -0.05) is 12.1 Å². The van der Waals surface area contributed by atoms with Crippen molar-refractivity contribution in [2.24, 2.45) is 0 Å². The largest absolute Gasteiger partial charge is 0.495 e. The van der Waals surface area contributed by atoms with Gasteiger partial charge in [-0.2, -0.15) is 0 Å². The molecule has 126 valence electrons. The third-order valence-electron chi connectivity index (χ3n) is 4.10. The highest BCUT2D eigenvalue weighted by Crippen LogP contribution is 2.32. The molecule has 2 aromatic rings. The fraction of sp³-hybridized carbons (Fsp3) is 0.333. The van der Waals surface area contributed by atoms with E-state index in [1.165, 1.54) is 18.3 Å². The van der Waals surface area contributed by atoms with Crippen molar-refractivity contribution in [2.45, 2.75) is 26.8 Å². The predicted molar refractivity (Wildman–Crippen MR) is 94.8 cm³/mol. The van der Waals surface area contributed by atoms with E-state index in [0.29, 0.717) is 23.7 Å². The molecule has 1 aliphatic rings. The topological polar surface area (TPSA) is 58.6 Å². The van der Waals surface area contributed by atoms with E-state index in [1.807, 2.05) is 36.1 Å². The predicted octanol–water partition coefficient (Wildman–Crippen LogP) is 3.22. The summed E-state index contributed by atoms with van der Waals surface area (Å²) in [5.41, 5.74) is 3.04. The van der Waals surface area contributed by atoms with Gasteiger partial charge in [0.25, 0.3) is 5.91 Å². The summed E-state index contributed by atoms with van der Waals surface area (Å²) < 4.78 is 5.33. The zero-order chi connectivity index (χ0) is 17.3. The van der Waals surface area contributed by atoms with Crippen LogP contribution in [0.4, 0.5) is 5.69 Å². The molecule has 2 amide bonds. The average Bonchev–Trinajstić information content (AvgIpc) is 2.94. The summed E-state index contributed by atoms with van der Waals surface area (Å²) in [6.45, 7) is 4.64. The molecule has 1 N–H and O–H groups in total. The Morgan fingerprint density at radius 1 is 1.33 bits per heavy atom. The van der Waals surface area contributed by atoms with E-state index in [1.54, 1.807) is 7.11 Å². The minimum Gasteiger partial charge on any atom is -0.495 e. The second kappa shape index (κ2) is 6.65. The summed E-state index contributed by atoms with van der Waals surface area (Å²) in [6.07, 6.45) is 0.726. The van der Waals surface area contributed by atoms with Crippen molar-refractivity contribution in [1.82, 2.24) is 4.90 Å². The number of carbonyl (C=O) groups excluding carboxylic acids is 2. The molecular formula is C18H20N2O3S. The number of hydrogen-bond donors (Lipinski definition) is 1. The molecule has 6 heteroatoms. The lowest BCUT2D eigenvalue weighted by Gasteiger charge is -2.30. The van der Waals surface area contributed by atoms with Crippen molar-refractivity contribution in [1.29, 1.82) is 0 Å². The van der Waals surface area contributed by atoms with Crippen molar-refractivity contribution in [3.8, 4) is 5.75 Å². The Kier molecular flexibility index (Phi) is 4.57. The van der Waals surface area contributed by atoms with Gasteiger partial charge >= 0.3 is 0 Å². The first-order chi connectivity index (χ1) is 11.5. The highest BCUT2D eigenvalue weighted by atomic mass is 32.1. The van der Waals surface area contributed by atoms with Gasteiger partial charge < -0.3 is 15.0 Å². The van der Waals surface area contributed by atoms with Crippen LogP contribution >= 0.6 is 11.3 Å². The molecule has 5 nitrogen and oxygen atoms in total. The van der Waals surface area contributed by atoms with Crippen LogP contribution in [-0.4, -0.2) is 30.4 Å². The summed E-state index contributed by atoms with van der Waals surface area (Å²) >= 11 is 1.46. The summed E-state index contributed by atoms with van der Waals surface area (Å²) in [5, 5.41) is 2.87. The lowest BCUT2D eigenvalue weighted by atomic mass is 9.97. The van der Waals surface area contributed by atoms with E-state index in [9.17, 15) is 9.59 Å². The Morgan fingerprint density at radius 2 is 2.12 bits per heavy atom. The molecule has 24 heavy (non-hydrogen) atoms. The van der Waals surface area contributed by atoms with Gasteiger partial charge in [0.05, 0.1) is 7.11 Å². The van der Waals surface area contributed by atoms with E-state index >= 15 is 0 Å². The molecule has 1 aromatic heterocycles. The maximum Gasteiger partial charge on any atom is 0.268 e. The van der Waals surface area contributed by atoms with Crippen LogP contribution in [0.5, 0.6) is 5.75 Å². The van der Waals surface area contributed by atoms with Crippen LogP contribution < -0.4 is 10.1 Å². The maximum absolute atomic E-state index is 12.9. The molecule has 2 heterocycles. The first-order valence-electron chi connectivity index (χ1n) is 7.81. The Bertz CT molecular complexity index is 798. The number of methoxy groups -OCH3 is 1. The summed E-state index contributed by atoms with van der Waals surface area (Å²) in [4.78, 5) is 27.7. The number of ether oxygens (including phenoxy) is 1.